The summed E-state index contributed by atoms with van der Waals surface area (Å²) in [4.78, 5) is 12.0. The molecule has 1 N–H and O–H groups in total. The zero-order valence-electron chi connectivity index (χ0n) is 14.6. The Morgan fingerprint density at radius 2 is 1.88 bits per heavy atom. The molecule has 24 heavy (non-hydrogen) atoms. The van der Waals surface area contributed by atoms with E-state index in [1.54, 1.807) is 12.1 Å². The van der Waals surface area contributed by atoms with Crippen molar-refractivity contribution in [2.75, 3.05) is 6.54 Å². The van der Waals surface area contributed by atoms with Crippen molar-refractivity contribution in [3.05, 3.63) is 53.5 Å². The second kappa shape index (κ2) is 6.71. The van der Waals surface area contributed by atoms with Crippen molar-refractivity contribution >= 4 is 5.91 Å². The molecule has 1 aromatic carbocycles. The molecule has 4 heteroatoms. The molecule has 128 valence electrons. The van der Waals surface area contributed by atoms with Gasteiger partial charge in [-0.1, -0.05) is 32.9 Å². The van der Waals surface area contributed by atoms with Crippen LogP contribution < -0.4 is 10.1 Å². The molecule has 0 saturated heterocycles. The third-order valence-corrected chi connectivity index (χ3v) is 4.24. The van der Waals surface area contributed by atoms with Crippen LogP contribution in [-0.2, 0) is 12.0 Å². The standard InChI is InChI=1S/C20H25NO3/c1-20(2,3)15-6-8-16(9-7-15)23-13-17-10-11-18(24-17)19(22)21-12-14-4-5-14/h6-11,14H,4-5,12-13H2,1-3H3,(H,21,22). The quantitative estimate of drug-likeness (QED) is 0.861. The zero-order valence-corrected chi connectivity index (χ0v) is 14.6. The van der Waals surface area contributed by atoms with Gasteiger partial charge in [0.15, 0.2) is 5.76 Å². The van der Waals surface area contributed by atoms with Gasteiger partial charge in [0, 0.05) is 6.54 Å². The minimum atomic E-state index is -0.150. The summed E-state index contributed by atoms with van der Waals surface area (Å²) in [6.45, 7) is 7.60. The fourth-order valence-electron chi connectivity index (χ4n) is 2.43. The molecular weight excluding hydrogens is 302 g/mol. The van der Waals surface area contributed by atoms with Gasteiger partial charge in [0.05, 0.1) is 0 Å². The van der Waals surface area contributed by atoms with E-state index in [1.165, 1.54) is 18.4 Å². The highest BCUT2D eigenvalue weighted by Crippen LogP contribution is 2.27. The van der Waals surface area contributed by atoms with Crippen LogP contribution in [0.4, 0.5) is 0 Å². The van der Waals surface area contributed by atoms with E-state index in [0.717, 1.165) is 12.3 Å². The van der Waals surface area contributed by atoms with Gasteiger partial charge in [0.1, 0.15) is 18.1 Å². The number of benzene rings is 1. The Hall–Kier alpha value is -2.23. The SMILES string of the molecule is CC(C)(C)c1ccc(OCc2ccc(C(=O)NCC3CC3)o2)cc1. The van der Waals surface area contributed by atoms with Crippen LogP contribution in [0.5, 0.6) is 5.75 Å². The van der Waals surface area contributed by atoms with Crippen molar-refractivity contribution < 1.29 is 13.9 Å². The van der Waals surface area contributed by atoms with Gasteiger partial charge in [-0.3, -0.25) is 4.79 Å². The van der Waals surface area contributed by atoms with E-state index in [0.29, 0.717) is 24.0 Å². The van der Waals surface area contributed by atoms with Gasteiger partial charge in [-0.05, 0) is 54.0 Å². The molecule has 1 amide bonds. The summed E-state index contributed by atoms with van der Waals surface area (Å²) in [5, 5.41) is 2.89. The number of carbonyl (C=O) groups excluding carboxylic acids is 1. The molecule has 0 aliphatic heterocycles. The highest BCUT2D eigenvalue weighted by molar-refractivity contribution is 5.91. The van der Waals surface area contributed by atoms with Gasteiger partial charge in [0.2, 0.25) is 0 Å². The van der Waals surface area contributed by atoms with Gasteiger partial charge in [0.25, 0.3) is 5.91 Å². The third-order valence-electron chi connectivity index (χ3n) is 4.24. The summed E-state index contributed by atoms with van der Waals surface area (Å²) in [6, 6.07) is 11.6. The summed E-state index contributed by atoms with van der Waals surface area (Å²) in [6.07, 6.45) is 2.43. The molecule has 1 heterocycles. The number of carbonyl (C=O) groups is 1. The van der Waals surface area contributed by atoms with Crippen molar-refractivity contribution in [1.29, 1.82) is 0 Å². The second-order valence-corrected chi connectivity index (χ2v) is 7.48. The van der Waals surface area contributed by atoms with Crippen molar-refractivity contribution in [1.82, 2.24) is 5.32 Å². The number of rotatable bonds is 6. The first-order valence-corrected chi connectivity index (χ1v) is 8.52. The van der Waals surface area contributed by atoms with Crippen LogP contribution >= 0.6 is 0 Å². The number of amides is 1. The van der Waals surface area contributed by atoms with Crippen LogP contribution in [0.3, 0.4) is 0 Å². The lowest BCUT2D eigenvalue weighted by Crippen LogP contribution is -2.24. The van der Waals surface area contributed by atoms with E-state index < -0.39 is 0 Å². The fraction of sp³-hybridized carbons (Fsp3) is 0.450. The molecular formula is C20H25NO3. The molecule has 1 aliphatic rings. The minimum absolute atomic E-state index is 0.127. The Bertz CT molecular complexity index is 690. The Morgan fingerprint density at radius 1 is 1.17 bits per heavy atom. The molecule has 3 rings (SSSR count). The first-order valence-electron chi connectivity index (χ1n) is 8.52. The Morgan fingerprint density at radius 3 is 2.50 bits per heavy atom. The lowest BCUT2D eigenvalue weighted by atomic mass is 9.87. The van der Waals surface area contributed by atoms with E-state index in [-0.39, 0.29) is 11.3 Å². The van der Waals surface area contributed by atoms with E-state index in [1.807, 2.05) is 12.1 Å². The maximum absolute atomic E-state index is 12.0. The van der Waals surface area contributed by atoms with Crippen LogP contribution in [0.1, 0.15) is 55.5 Å². The van der Waals surface area contributed by atoms with Gasteiger partial charge < -0.3 is 14.5 Å². The summed E-state index contributed by atoms with van der Waals surface area (Å²) in [5.74, 6) is 2.29. The molecule has 1 fully saturated rings. The van der Waals surface area contributed by atoms with Crippen molar-refractivity contribution in [3.63, 3.8) is 0 Å². The Kier molecular flexibility index (Phi) is 4.65. The molecule has 4 nitrogen and oxygen atoms in total. The number of hydrogen-bond acceptors (Lipinski definition) is 3. The Labute approximate surface area is 143 Å². The molecule has 1 saturated carbocycles. The largest absolute Gasteiger partial charge is 0.486 e. The fourth-order valence-corrected chi connectivity index (χ4v) is 2.43. The first-order chi connectivity index (χ1) is 11.4. The van der Waals surface area contributed by atoms with Gasteiger partial charge in [-0.2, -0.15) is 0 Å². The molecule has 0 atom stereocenters. The lowest BCUT2D eigenvalue weighted by Gasteiger charge is -2.19. The van der Waals surface area contributed by atoms with Crippen LogP contribution in [0.15, 0.2) is 40.8 Å². The van der Waals surface area contributed by atoms with Crippen molar-refractivity contribution in [2.45, 2.75) is 45.6 Å². The molecule has 1 aliphatic carbocycles. The minimum Gasteiger partial charge on any atom is -0.486 e. The lowest BCUT2D eigenvalue weighted by molar-refractivity contribution is 0.0920. The molecule has 0 unspecified atom stereocenters. The third kappa shape index (κ3) is 4.40. The average Bonchev–Trinajstić information content (AvgIpc) is 3.26. The predicted octanol–water partition coefficient (Wildman–Crippen LogP) is 4.30. The van der Waals surface area contributed by atoms with Crippen LogP contribution in [0.2, 0.25) is 0 Å². The summed E-state index contributed by atoms with van der Waals surface area (Å²) in [7, 11) is 0. The molecule has 0 bridgehead atoms. The van der Waals surface area contributed by atoms with Gasteiger partial charge >= 0.3 is 0 Å². The maximum atomic E-state index is 12.0. The Balaban J connectivity index is 1.52. The van der Waals surface area contributed by atoms with Gasteiger partial charge in [-0.25, -0.2) is 0 Å². The molecule has 0 spiro atoms. The normalized spacial score (nSPS) is 14.5. The topological polar surface area (TPSA) is 51.5 Å². The molecule has 1 aromatic heterocycles. The van der Waals surface area contributed by atoms with Gasteiger partial charge in [-0.15, -0.1) is 0 Å². The summed E-state index contributed by atoms with van der Waals surface area (Å²) >= 11 is 0. The summed E-state index contributed by atoms with van der Waals surface area (Å²) < 4.78 is 11.3. The predicted molar refractivity (Wildman–Crippen MR) is 93.2 cm³/mol. The average molecular weight is 327 g/mol. The van der Waals surface area contributed by atoms with Crippen LogP contribution in [0, 0.1) is 5.92 Å². The van der Waals surface area contributed by atoms with Crippen LogP contribution in [-0.4, -0.2) is 12.5 Å². The highest BCUT2D eigenvalue weighted by atomic mass is 16.5. The van der Waals surface area contributed by atoms with E-state index in [2.05, 4.69) is 38.2 Å². The number of hydrogen-bond donors (Lipinski definition) is 1. The van der Waals surface area contributed by atoms with E-state index >= 15 is 0 Å². The smallest absolute Gasteiger partial charge is 0.287 e. The van der Waals surface area contributed by atoms with E-state index in [9.17, 15) is 4.79 Å². The highest BCUT2D eigenvalue weighted by Gasteiger charge is 2.22. The number of nitrogens with one attached hydrogen (secondary N) is 1. The van der Waals surface area contributed by atoms with Crippen LogP contribution in [0.25, 0.3) is 0 Å². The van der Waals surface area contributed by atoms with Crippen molar-refractivity contribution in [2.24, 2.45) is 5.92 Å². The maximum Gasteiger partial charge on any atom is 0.287 e. The molecule has 2 aromatic rings. The molecule has 0 radical (unpaired) electrons. The van der Waals surface area contributed by atoms with Crippen molar-refractivity contribution in [3.8, 4) is 5.75 Å². The number of ether oxygens (including phenoxy) is 1. The second-order valence-electron chi connectivity index (χ2n) is 7.48. The summed E-state index contributed by atoms with van der Waals surface area (Å²) in [5.41, 5.74) is 1.39. The number of furan rings is 1. The monoisotopic (exact) mass is 327 g/mol. The van der Waals surface area contributed by atoms with E-state index in [4.69, 9.17) is 9.15 Å². The first kappa shape index (κ1) is 16.6. The zero-order chi connectivity index (χ0) is 17.2.